The summed E-state index contributed by atoms with van der Waals surface area (Å²) in [7, 11) is 1.58. The van der Waals surface area contributed by atoms with Gasteiger partial charge in [0.2, 0.25) is 0 Å². The number of rotatable bonds is 7. The molecule has 1 amide bonds. The predicted octanol–water partition coefficient (Wildman–Crippen LogP) is 2.75. The fourth-order valence-corrected chi connectivity index (χ4v) is 2.27. The summed E-state index contributed by atoms with van der Waals surface area (Å²) >= 11 is 5.10. The van der Waals surface area contributed by atoms with Gasteiger partial charge in [-0.2, -0.15) is 0 Å². The van der Waals surface area contributed by atoms with E-state index in [1.807, 2.05) is 0 Å². The van der Waals surface area contributed by atoms with E-state index in [0.29, 0.717) is 24.7 Å². The van der Waals surface area contributed by atoms with Gasteiger partial charge in [-0.15, -0.1) is 0 Å². The standard InChI is InChI=1S/C17H17N3O5S/c1-24-9-10-25-13-6-4-5-12(11-13)18-17(26)19-16(21)14-7-2-3-8-15(14)20(22)23/h2-8,11H,9-10H2,1H3,(H2,18,19,21,26). The minimum Gasteiger partial charge on any atom is -0.491 e. The van der Waals surface area contributed by atoms with Crippen LogP contribution in [0.4, 0.5) is 11.4 Å². The molecule has 0 aliphatic rings. The number of ether oxygens (including phenoxy) is 2. The van der Waals surface area contributed by atoms with Gasteiger partial charge < -0.3 is 14.8 Å². The summed E-state index contributed by atoms with van der Waals surface area (Å²) in [6, 6.07) is 12.6. The van der Waals surface area contributed by atoms with Crippen LogP contribution >= 0.6 is 12.2 Å². The van der Waals surface area contributed by atoms with Crippen LogP contribution in [0.25, 0.3) is 0 Å². The number of para-hydroxylation sites is 1. The number of thiocarbonyl (C=S) groups is 1. The second-order valence-electron chi connectivity index (χ2n) is 5.05. The molecule has 0 radical (unpaired) electrons. The van der Waals surface area contributed by atoms with Gasteiger partial charge in [-0.3, -0.25) is 20.2 Å². The summed E-state index contributed by atoms with van der Waals surface area (Å²) in [6.07, 6.45) is 0. The molecule has 0 heterocycles. The quantitative estimate of drug-likeness (QED) is 0.332. The molecule has 8 nitrogen and oxygen atoms in total. The van der Waals surface area contributed by atoms with Gasteiger partial charge in [-0.1, -0.05) is 18.2 Å². The van der Waals surface area contributed by atoms with Gasteiger partial charge in [0.1, 0.15) is 17.9 Å². The highest BCUT2D eigenvalue weighted by atomic mass is 32.1. The van der Waals surface area contributed by atoms with Crippen molar-refractivity contribution < 1.29 is 19.2 Å². The van der Waals surface area contributed by atoms with Crippen LogP contribution in [0.2, 0.25) is 0 Å². The van der Waals surface area contributed by atoms with Crippen LogP contribution in [-0.4, -0.2) is 36.3 Å². The number of nitrogens with zero attached hydrogens (tertiary/aromatic N) is 1. The first kappa shape index (κ1) is 19.3. The molecule has 0 aromatic heterocycles. The summed E-state index contributed by atoms with van der Waals surface area (Å²) < 4.78 is 10.4. The molecule has 136 valence electrons. The molecule has 0 aliphatic carbocycles. The topological polar surface area (TPSA) is 103 Å². The Morgan fingerprint density at radius 2 is 1.96 bits per heavy atom. The van der Waals surface area contributed by atoms with Gasteiger partial charge >= 0.3 is 0 Å². The summed E-state index contributed by atoms with van der Waals surface area (Å²) in [6.45, 7) is 0.862. The molecule has 0 aliphatic heterocycles. The average molecular weight is 375 g/mol. The number of nitrogens with one attached hydrogen (secondary N) is 2. The van der Waals surface area contributed by atoms with Crippen molar-refractivity contribution in [2.75, 3.05) is 25.6 Å². The minimum atomic E-state index is -0.665. The largest absolute Gasteiger partial charge is 0.491 e. The van der Waals surface area contributed by atoms with E-state index in [4.69, 9.17) is 21.7 Å². The second-order valence-corrected chi connectivity index (χ2v) is 5.46. The summed E-state index contributed by atoms with van der Waals surface area (Å²) in [5, 5.41) is 16.3. The van der Waals surface area contributed by atoms with Crippen molar-refractivity contribution >= 4 is 34.6 Å². The molecule has 0 saturated heterocycles. The SMILES string of the molecule is COCCOc1cccc(NC(=S)NC(=O)c2ccccc2[N+](=O)[O-])c1. The Bertz CT molecular complexity index is 812. The molecule has 26 heavy (non-hydrogen) atoms. The lowest BCUT2D eigenvalue weighted by Gasteiger charge is -2.11. The molecular weight excluding hydrogens is 358 g/mol. The summed E-state index contributed by atoms with van der Waals surface area (Å²) in [5.41, 5.74) is 0.243. The lowest BCUT2D eigenvalue weighted by Crippen LogP contribution is -2.34. The van der Waals surface area contributed by atoms with Crippen LogP contribution in [-0.2, 0) is 4.74 Å². The molecule has 2 aromatic rings. The number of benzene rings is 2. The Hall–Kier alpha value is -3.04. The van der Waals surface area contributed by atoms with Crippen molar-refractivity contribution in [3.8, 4) is 5.75 Å². The first-order valence-electron chi connectivity index (χ1n) is 7.59. The number of carbonyl (C=O) groups is 1. The van der Waals surface area contributed by atoms with Crippen molar-refractivity contribution in [3.05, 3.63) is 64.2 Å². The van der Waals surface area contributed by atoms with Crippen LogP contribution in [0.15, 0.2) is 48.5 Å². The van der Waals surface area contributed by atoms with E-state index in [9.17, 15) is 14.9 Å². The minimum absolute atomic E-state index is 0.0159. The Morgan fingerprint density at radius 1 is 1.19 bits per heavy atom. The van der Waals surface area contributed by atoms with Crippen LogP contribution in [0.1, 0.15) is 10.4 Å². The second kappa shape index (κ2) is 9.44. The third-order valence-corrected chi connectivity index (χ3v) is 3.42. The van der Waals surface area contributed by atoms with Gasteiger partial charge in [0.15, 0.2) is 5.11 Å². The fourth-order valence-electron chi connectivity index (χ4n) is 2.06. The van der Waals surface area contributed by atoms with E-state index in [1.165, 1.54) is 18.2 Å². The van der Waals surface area contributed by atoms with Crippen molar-refractivity contribution in [2.24, 2.45) is 0 Å². The van der Waals surface area contributed by atoms with Crippen molar-refractivity contribution in [1.82, 2.24) is 5.32 Å². The van der Waals surface area contributed by atoms with E-state index < -0.39 is 10.8 Å². The zero-order valence-electron chi connectivity index (χ0n) is 13.9. The molecular formula is C17H17N3O5S. The van der Waals surface area contributed by atoms with Gasteiger partial charge in [0.25, 0.3) is 11.6 Å². The highest BCUT2D eigenvalue weighted by molar-refractivity contribution is 7.80. The number of nitro benzene ring substituents is 1. The molecule has 9 heteroatoms. The summed E-state index contributed by atoms with van der Waals surface area (Å²) in [5.74, 6) is -0.0535. The zero-order valence-corrected chi connectivity index (χ0v) is 14.7. The molecule has 0 atom stereocenters. The Labute approximate surface area is 155 Å². The lowest BCUT2D eigenvalue weighted by atomic mass is 10.1. The number of hydrogen-bond donors (Lipinski definition) is 2. The highest BCUT2D eigenvalue weighted by Gasteiger charge is 2.19. The van der Waals surface area contributed by atoms with Crippen LogP contribution in [0.5, 0.6) is 5.75 Å². The van der Waals surface area contributed by atoms with Crippen molar-refractivity contribution in [3.63, 3.8) is 0 Å². The Kier molecular flexibility index (Phi) is 7.01. The molecule has 2 aromatic carbocycles. The monoisotopic (exact) mass is 375 g/mol. The van der Waals surface area contributed by atoms with E-state index >= 15 is 0 Å². The molecule has 0 spiro atoms. The number of amides is 1. The van der Waals surface area contributed by atoms with Crippen molar-refractivity contribution in [2.45, 2.75) is 0 Å². The number of hydrogen-bond acceptors (Lipinski definition) is 6. The maximum atomic E-state index is 12.2. The van der Waals surface area contributed by atoms with Crippen molar-refractivity contribution in [1.29, 1.82) is 0 Å². The maximum absolute atomic E-state index is 12.2. The smallest absolute Gasteiger partial charge is 0.282 e. The van der Waals surface area contributed by atoms with Gasteiger partial charge in [0, 0.05) is 24.9 Å². The molecule has 2 rings (SSSR count). The average Bonchev–Trinajstić information content (AvgIpc) is 2.62. The third kappa shape index (κ3) is 5.50. The first-order valence-corrected chi connectivity index (χ1v) is 7.99. The number of nitro groups is 1. The van der Waals surface area contributed by atoms with Crippen LogP contribution < -0.4 is 15.4 Å². The van der Waals surface area contributed by atoms with E-state index in [1.54, 1.807) is 37.4 Å². The normalized spacial score (nSPS) is 10.0. The van der Waals surface area contributed by atoms with E-state index in [2.05, 4.69) is 10.6 Å². The van der Waals surface area contributed by atoms with E-state index in [0.717, 1.165) is 0 Å². The lowest BCUT2D eigenvalue weighted by molar-refractivity contribution is -0.385. The van der Waals surface area contributed by atoms with E-state index in [-0.39, 0.29) is 16.4 Å². The fraction of sp³-hybridized carbons (Fsp3) is 0.176. The number of methoxy groups -OCH3 is 1. The maximum Gasteiger partial charge on any atom is 0.282 e. The zero-order chi connectivity index (χ0) is 18.9. The van der Waals surface area contributed by atoms with Crippen LogP contribution in [0.3, 0.4) is 0 Å². The molecule has 0 saturated carbocycles. The third-order valence-electron chi connectivity index (χ3n) is 3.22. The highest BCUT2D eigenvalue weighted by Crippen LogP contribution is 2.19. The molecule has 2 N–H and O–H groups in total. The summed E-state index contributed by atoms with van der Waals surface area (Å²) in [4.78, 5) is 22.6. The molecule has 0 bridgehead atoms. The molecule has 0 unspecified atom stereocenters. The Morgan fingerprint density at radius 3 is 2.69 bits per heavy atom. The van der Waals surface area contributed by atoms with Gasteiger partial charge in [-0.05, 0) is 30.4 Å². The van der Waals surface area contributed by atoms with Crippen LogP contribution in [0, 0.1) is 10.1 Å². The number of carbonyl (C=O) groups excluding carboxylic acids is 1. The van der Waals surface area contributed by atoms with Gasteiger partial charge in [-0.25, -0.2) is 0 Å². The first-order chi connectivity index (χ1) is 12.5. The molecule has 0 fully saturated rings. The van der Waals surface area contributed by atoms with Gasteiger partial charge in [0.05, 0.1) is 11.5 Å². The predicted molar refractivity (Wildman–Crippen MR) is 101 cm³/mol. The number of anilines is 1. The Balaban J connectivity index is 1.99.